The van der Waals surface area contributed by atoms with Crippen LogP contribution in [0.3, 0.4) is 0 Å². The van der Waals surface area contributed by atoms with E-state index < -0.39 is 0 Å². The summed E-state index contributed by atoms with van der Waals surface area (Å²) < 4.78 is 0. The zero-order chi connectivity index (χ0) is 13.0. The van der Waals surface area contributed by atoms with E-state index in [0.717, 1.165) is 17.7 Å². The third kappa shape index (κ3) is 4.03. The van der Waals surface area contributed by atoms with Gasteiger partial charge in [0.2, 0.25) is 5.91 Å². The van der Waals surface area contributed by atoms with Crippen LogP contribution in [0.1, 0.15) is 31.4 Å². The number of amides is 1. The predicted octanol–water partition coefficient (Wildman–Crippen LogP) is 2.34. The Hall–Kier alpha value is -1.00. The van der Waals surface area contributed by atoms with Crippen LogP contribution in [0, 0.1) is 0 Å². The lowest BCUT2D eigenvalue weighted by atomic mass is 10.1. The molecule has 0 aliphatic heterocycles. The third-order valence-electron chi connectivity index (χ3n) is 3.10. The molecule has 0 aromatic heterocycles. The molecule has 0 radical (unpaired) electrons. The minimum atomic E-state index is 0.148. The molecule has 1 saturated carbocycles. The number of nitrogens with one attached hydrogen (secondary N) is 2. The predicted molar refractivity (Wildman–Crippen MR) is 75.8 cm³/mol. The van der Waals surface area contributed by atoms with Gasteiger partial charge in [0.25, 0.3) is 0 Å². The zero-order valence-electron chi connectivity index (χ0n) is 10.9. The lowest BCUT2D eigenvalue weighted by molar-refractivity contribution is -0.118. The molecule has 2 N–H and O–H groups in total. The van der Waals surface area contributed by atoms with Crippen molar-refractivity contribution in [2.24, 2.45) is 0 Å². The van der Waals surface area contributed by atoms with Crippen molar-refractivity contribution in [1.29, 1.82) is 0 Å². The average Bonchev–Trinajstić information content (AvgIpc) is 3.19. The van der Waals surface area contributed by atoms with Crippen LogP contribution in [0.15, 0.2) is 29.2 Å². The van der Waals surface area contributed by atoms with E-state index >= 15 is 0 Å². The molecule has 1 aromatic rings. The number of rotatable bonds is 6. The topological polar surface area (TPSA) is 41.1 Å². The molecule has 1 unspecified atom stereocenters. The highest BCUT2D eigenvalue weighted by Crippen LogP contribution is 2.23. The molecule has 1 aromatic carbocycles. The quantitative estimate of drug-likeness (QED) is 0.775. The Morgan fingerprint density at radius 2 is 2.28 bits per heavy atom. The summed E-state index contributed by atoms with van der Waals surface area (Å²) in [6.45, 7) is 2.13. The molecule has 3 nitrogen and oxygen atoms in total. The van der Waals surface area contributed by atoms with Crippen molar-refractivity contribution in [2.75, 3.05) is 12.8 Å². The second-order valence-corrected chi connectivity index (χ2v) is 5.76. The summed E-state index contributed by atoms with van der Waals surface area (Å²) in [4.78, 5) is 12.8. The van der Waals surface area contributed by atoms with Crippen LogP contribution >= 0.6 is 11.8 Å². The summed E-state index contributed by atoms with van der Waals surface area (Å²) in [5, 5.41) is 6.22. The Balaban J connectivity index is 1.86. The van der Waals surface area contributed by atoms with Crippen LogP contribution in [0.5, 0.6) is 0 Å². The van der Waals surface area contributed by atoms with Gasteiger partial charge < -0.3 is 10.6 Å². The van der Waals surface area contributed by atoms with Crippen molar-refractivity contribution in [3.05, 3.63) is 29.8 Å². The Bertz CT molecular complexity index is 418. The number of hydrogen-bond donors (Lipinski definition) is 2. The second-order valence-electron chi connectivity index (χ2n) is 4.71. The van der Waals surface area contributed by atoms with Crippen molar-refractivity contribution >= 4 is 17.7 Å². The Morgan fingerprint density at radius 1 is 1.50 bits per heavy atom. The zero-order valence-corrected chi connectivity index (χ0v) is 11.7. The molecule has 1 amide bonds. The van der Waals surface area contributed by atoms with Gasteiger partial charge in [-0.25, -0.2) is 0 Å². The number of carbonyl (C=O) groups is 1. The summed E-state index contributed by atoms with van der Waals surface area (Å²) in [7, 11) is 1.95. The molecule has 1 fully saturated rings. The lowest BCUT2D eigenvalue weighted by Crippen LogP contribution is -2.26. The van der Waals surface area contributed by atoms with E-state index in [1.54, 1.807) is 11.8 Å². The molecule has 98 valence electrons. The highest BCUT2D eigenvalue weighted by Gasteiger charge is 2.22. The van der Waals surface area contributed by atoms with E-state index in [2.05, 4.69) is 35.8 Å². The summed E-state index contributed by atoms with van der Waals surface area (Å²) in [6.07, 6.45) is 2.29. The van der Waals surface area contributed by atoms with Crippen molar-refractivity contribution in [3.8, 4) is 0 Å². The van der Waals surface area contributed by atoms with Gasteiger partial charge in [-0.3, -0.25) is 4.79 Å². The van der Waals surface area contributed by atoms with Gasteiger partial charge in [0.15, 0.2) is 0 Å². The van der Waals surface area contributed by atoms with Crippen LogP contribution in [-0.2, 0) is 4.79 Å². The first-order valence-electron chi connectivity index (χ1n) is 6.38. The Labute approximate surface area is 113 Å². The standard InChI is InChI=1S/C14H20N2OS/c1-10(15-2)11-4-3-5-13(8-11)18-9-14(17)16-12-6-7-12/h3-5,8,10,12,15H,6-7,9H2,1-2H3,(H,16,17). The molecular formula is C14H20N2OS. The molecule has 0 spiro atoms. The molecule has 0 bridgehead atoms. The highest BCUT2D eigenvalue weighted by molar-refractivity contribution is 8.00. The van der Waals surface area contributed by atoms with Gasteiger partial charge in [-0.1, -0.05) is 12.1 Å². The van der Waals surface area contributed by atoms with Gasteiger partial charge in [0.05, 0.1) is 5.75 Å². The molecule has 1 atom stereocenters. The number of thioether (sulfide) groups is 1. The van der Waals surface area contributed by atoms with Crippen molar-refractivity contribution in [2.45, 2.75) is 36.7 Å². The normalized spacial score (nSPS) is 16.3. The number of hydrogen-bond acceptors (Lipinski definition) is 3. The SMILES string of the molecule is CNC(C)c1cccc(SCC(=O)NC2CC2)c1. The van der Waals surface area contributed by atoms with Crippen molar-refractivity contribution in [3.63, 3.8) is 0 Å². The average molecular weight is 264 g/mol. The molecule has 2 rings (SSSR count). The summed E-state index contributed by atoms with van der Waals surface area (Å²) >= 11 is 1.60. The highest BCUT2D eigenvalue weighted by atomic mass is 32.2. The van der Waals surface area contributed by atoms with E-state index in [0.29, 0.717) is 17.8 Å². The van der Waals surface area contributed by atoms with Crippen LogP contribution in [-0.4, -0.2) is 24.7 Å². The summed E-state index contributed by atoms with van der Waals surface area (Å²) in [5.74, 6) is 0.656. The largest absolute Gasteiger partial charge is 0.353 e. The van der Waals surface area contributed by atoms with Gasteiger partial charge >= 0.3 is 0 Å². The van der Waals surface area contributed by atoms with Crippen LogP contribution in [0.4, 0.5) is 0 Å². The van der Waals surface area contributed by atoms with Gasteiger partial charge in [0.1, 0.15) is 0 Å². The fourth-order valence-electron chi connectivity index (χ4n) is 1.69. The molecular weight excluding hydrogens is 244 g/mol. The first-order chi connectivity index (χ1) is 8.69. The first kappa shape index (κ1) is 13.4. The molecule has 4 heteroatoms. The lowest BCUT2D eigenvalue weighted by Gasteiger charge is -2.11. The van der Waals surface area contributed by atoms with Crippen LogP contribution in [0.2, 0.25) is 0 Å². The minimum Gasteiger partial charge on any atom is -0.353 e. The van der Waals surface area contributed by atoms with Crippen LogP contribution < -0.4 is 10.6 Å². The molecule has 1 aliphatic rings. The summed E-state index contributed by atoms with van der Waals surface area (Å²) in [5.41, 5.74) is 1.25. The van der Waals surface area contributed by atoms with Gasteiger partial charge in [-0.2, -0.15) is 0 Å². The van der Waals surface area contributed by atoms with Gasteiger partial charge in [0, 0.05) is 17.0 Å². The number of carbonyl (C=O) groups excluding carboxylic acids is 1. The smallest absolute Gasteiger partial charge is 0.230 e. The monoisotopic (exact) mass is 264 g/mol. The fraction of sp³-hybridized carbons (Fsp3) is 0.500. The maximum absolute atomic E-state index is 11.6. The Kier molecular flexibility index (Phi) is 4.66. The number of benzene rings is 1. The summed E-state index contributed by atoms with van der Waals surface area (Å²) in [6, 6.07) is 9.15. The minimum absolute atomic E-state index is 0.148. The van der Waals surface area contributed by atoms with E-state index in [-0.39, 0.29) is 5.91 Å². The van der Waals surface area contributed by atoms with Crippen molar-refractivity contribution < 1.29 is 4.79 Å². The second kappa shape index (κ2) is 6.25. The van der Waals surface area contributed by atoms with Crippen LogP contribution in [0.25, 0.3) is 0 Å². The Morgan fingerprint density at radius 3 is 2.94 bits per heavy atom. The third-order valence-corrected chi connectivity index (χ3v) is 4.10. The fourth-order valence-corrected chi connectivity index (χ4v) is 2.46. The van der Waals surface area contributed by atoms with E-state index in [4.69, 9.17) is 0 Å². The van der Waals surface area contributed by atoms with Gasteiger partial charge in [-0.15, -0.1) is 11.8 Å². The molecule has 0 heterocycles. The van der Waals surface area contributed by atoms with E-state index in [1.807, 2.05) is 13.1 Å². The van der Waals surface area contributed by atoms with E-state index in [1.165, 1.54) is 5.56 Å². The first-order valence-corrected chi connectivity index (χ1v) is 7.37. The van der Waals surface area contributed by atoms with E-state index in [9.17, 15) is 4.79 Å². The molecule has 0 saturated heterocycles. The molecule has 1 aliphatic carbocycles. The maximum atomic E-state index is 11.6. The van der Waals surface area contributed by atoms with Gasteiger partial charge in [-0.05, 0) is 44.5 Å². The van der Waals surface area contributed by atoms with Crippen molar-refractivity contribution in [1.82, 2.24) is 10.6 Å². The molecule has 18 heavy (non-hydrogen) atoms. The maximum Gasteiger partial charge on any atom is 0.230 e.